The summed E-state index contributed by atoms with van der Waals surface area (Å²) in [7, 11) is 0. The molecule has 0 radical (unpaired) electrons. The fourth-order valence-corrected chi connectivity index (χ4v) is 4.81. The minimum absolute atomic E-state index is 0.0170. The highest BCUT2D eigenvalue weighted by Crippen LogP contribution is 2.39. The van der Waals surface area contributed by atoms with Crippen LogP contribution in [0.4, 0.5) is 4.39 Å². The Kier molecular flexibility index (Phi) is 6.44. The SMILES string of the molecule is O=C(c1ccc(F)cc1)N1C[C@H]2C[C@@H](N3CCCC3)[C@H](O)C[C@H]2C1.O=CO. The van der Waals surface area contributed by atoms with Gasteiger partial charge in [-0.3, -0.25) is 14.5 Å². The van der Waals surface area contributed by atoms with Crippen LogP contribution in [0, 0.1) is 17.7 Å². The molecule has 7 heteroatoms. The number of hydrogen-bond acceptors (Lipinski definition) is 4. The topological polar surface area (TPSA) is 81.1 Å². The molecule has 1 amide bonds. The number of fused-ring (bicyclic) bond motifs is 1. The molecule has 0 aromatic heterocycles. The molecule has 0 bridgehead atoms. The van der Waals surface area contributed by atoms with Crippen LogP contribution in [-0.2, 0) is 4.79 Å². The fraction of sp³-hybridized carbons (Fsp3) is 0.600. The van der Waals surface area contributed by atoms with Crippen molar-refractivity contribution in [3.8, 4) is 0 Å². The Morgan fingerprint density at radius 3 is 2.22 bits per heavy atom. The Morgan fingerprint density at radius 2 is 1.63 bits per heavy atom. The summed E-state index contributed by atoms with van der Waals surface area (Å²) in [5.74, 6) is 0.529. The van der Waals surface area contributed by atoms with Gasteiger partial charge in [-0.25, -0.2) is 4.39 Å². The maximum Gasteiger partial charge on any atom is 0.290 e. The zero-order chi connectivity index (χ0) is 19.4. The average molecular weight is 378 g/mol. The lowest BCUT2D eigenvalue weighted by molar-refractivity contribution is -0.122. The van der Waals surface area contributed by atoms with E-state index in [1.54, 1.807) is 12.1 Å². The van der Waals surface area contributed by atoms with Gasteiger partial charge in [-0.15, -0.1) is 0 Å². The lowest BCUT2D eigenvalue weighted by Gasteiger charge is -2.40. The van der Waals surface area contributed by atoms with Gasteiger partial charge in [0.1, 0.15) is 5.82 Å². The zero-order valence-electron chi connectivity index (χ0n) is 15.3. The first-order chi connectivity index (χ1) is 13.0. The summed E-state index contributed by atoms with van der Waals surface area (Å²) >= 11 is 0. The van der Waals surface area contributed by atoms with E-state index in [2.05, 4.69) is 4.90 Å². The third-order valence-corrected chi connectivity index (χ3v) is 6.10. The number of halogens is 1. The van der Waals surface area contributed by atoms with Crippen LogP contribution in [0.1, 0.15) is 36.0 Å². The van der Waals surface area contributed by atoms with Crippen molar-refractivity contribution >= 4 is 12.4 Å². The number of carbonyl (C=O) groups is 2. The first-order valence-corrected chi connectivity index (χ1v) is 9.58. The third-order valence-electron chi connectivity index (χ3n) is 6.10. The van der Waals surface area contributed by atoms with Crippen LogP contribution in [0.3, 0.4) is 0 Å². The molecule has 1 aliphatic carbocycles. The molecule has 4 atom stereocenters. The number of aliphatic hydroxyl groups excluding tert-OH is 1. The predicted molar refractivity (Wildman–Crippen MR) is 97.8 cm³/mol. The van der Waals surface area contributed by atoms with Crippen LogP contribution in [0.2, 0.25) is 0 Å². The van der Waals surface area contributed by atoms with Gasteiger partial charge in [-0.05, 0) is 74.9 Å². The summed E-state index contributed by atoms with van der Waals surface area (Å²) in [4.78, 5) is 25.3. The first-order valence-electron chi connectivity index (χ1n) is 9.58. The number of hydrogen-bond donors (Lipinski definition) is 2. The Balaban J connectivity index is 0.000000659. The van der Waals surface area contributed by atoms with E-state index in [4.69, 9.17) is 9.90 Å². The molecule has 4 rings (SSSR count). The molecule has 2 heterocycles. The molecule has 6 nitrogen and oxygen atoms in total. The number of aliphatic hydroxyl groups is 1. The summed E-state index contributed by atoms with van der Waals surface area (Å²) in [6.45, 7) is 3.41. The summed E-state index contributed by atoms with van der Waals surface area (Å²) in [5, 5.41) is 17.5. The highest BCUT2D eigenvalue weighted by molar-refractivity contribution is 5.94. The minimum atomic E-state index is -0.321. The molecule has 27 heavy (non-hydrogen) atoms. The summed E-state index contributed by atoms with van der Waals surface area (Å²) in [6, 6.07) is 6.05. The molecule has 0 spiro atoms. The van der Waals surface area contributed by atoms with Crippen LogP contribution in [-0.4, -0.2) is 70.7 Å². The molecule has 1 aromatic rings. The first kappa shape index (κ1) is 19.8. The van der Waals surface area contributed by atoms with Crippen LogP contribution in [0.15, 0.2) is 24.3 Å². The molecule has 3 fully saturated rings. The second kappa shape index (κ2) is 8.80. The number of rotatable bonds is 2. The van der Waals surface area contributed by atoms with Gasteiger partial charge in [-0.1, -0.05) is 0 Å². The minimum Gasteiger partial charge on any atom is -0.483 e. The van der Waals surface area contributed by atoms with Gasteiger partial charge in [-0.2, -0.15) is 0 Å². The van der Waals surface area contributed by atoms with Crippen LogP contribution >= 0.6 is 0 Å². The molecule has 2 aliphatic heterocycles. The van der Waals surface area contributed by atoms with Gasteiger partial charge in [0, 0.05) is 24.7 Å². The van der Waals surface area contributed by atoms with E-state index in [0.717, 1.165) is 32.5 Å². The maximum absolute atomic E-state index is 13.0. The third kappa shape index (κ3) is 4.47. The molecule has 1 saturated carbocycles. The van der Waals surface area contributed by atoms with Gasteiger partial charge in [0.15, 0.2) is 0 Å². The number of nitrogens with zero attached hydrogens (tertiary/aromatic N) is 2. The second-order valence-corrected chi connectivity index (χ2v) is 7.69. The van der Waals surface area contributed by atoms with Gasteiger partial charge < -0.3 is 15.1 Å². The number of carboxylic acid groups (broad SMARTS) is 1. The van der Waals surface area contributed by atoms with Gasteiger partial charge in [0.2, 0.25) is 0 Å². The number of benzene rings is 1. The summed E-state index contributed by atoms with van der Waals surface area (Å²) < 4.78 is 13.0. The van der Waals surface area contributed by atoms with E-state index in [0.29, 0.717) is 23.9 Å². The quantitative estimate of drug-likeness (QED) is 0.768. The molecule has 3 aliphatic rings. The molecular weight excluding hydrogens is 351 g/mol. The van der Waals surface area contributed by atoms with Crippen molar-refractivity contribution in [2.45, 2.75) is 37.8 Å². The standard InChI is InChI=1S/C19H25FN2O2.CH2O2/c20-16-5-3-13(4-6-16)19(24)22-11-14-9-17(21-7-1-2-8-21)18(23)10-15(14)12-22;2-1-3/h3-6,14-15,17-18,23H,1-2,7-12H2;1H,(H,2,3)/t14-,15+,17-,18-;/m1./s1. The Labute approximate surface area is 158 Å². The van der Waals surface area contributed by atoms with E-state index in [1.807, 2.05) is 4.90 Å². The van der Waals surface area contributed by atoms with E-state index in [1.165, 1.54) is 25.0 Å². The van der Waals surface area contributed by atoms with Gasteiger partial charge >= 0.3 is 0 Å². The van der Waals surface area contributed by atoms with Gasteiger partial charge in [0.05, 0.1) is 6.10 Å². The molecular formula is C20H27FN2O4. The Bertz CT molecular complexity index is 648. The molecule has 2 N–H and O–H groups in total. The van der Waals surface area contributed by atoms with Crippen LogP contribution in [0.25, 0.3) is 0 Å². The number of carbonyl (C=O) groups excluding carboxylic acids is 1. The van der Waals surface area contributed by atoms with Crippen molar-refractivity contribution in [1.29, 1.82) is 0 Å². The van der Waals surface area contributed by atoms with E-state index in [-0.39, 0.29) is 30.3 Å². The smallest absolute Gasteiger partial charge is 0.290 e. The lowest BCUT2D eigenvalue weighted by atomic mass is 9.77. The van der Waals surface area contributed by atoms with Crippen molar-refractivity contribution < 1.29 is 24.2 Å². The Hall–Kier alpha value is -1.99. The number of amides is 1. The van der Waals surface area contributed by atoms with Crippen molar-refractivity contribution in [2.24, 2.45) is 11.8 Å². The van der Waals surface area contributed by atoms with Gasteiger partial charge in [0.25, 0.3) is 12.4 Å². The fourth-order valence-electron chi connectivity index (χ4n) is 4.81. The highest BCUT2D eigenvalue weighted by Gasteiger charge is 2.44. The van der Waals surface area contributed by atoms with E-state index in [9.17, 15) is 14.3 Å². The predicted octanol–water partition coefficient (Wildman–Crippen LogP) is 1.83. The van der Waals surface area contributed by atoms with Crippen LogP contribution < -0.4 is 0 Å². The van der Waals surface area contributed by atoms with E-state index < -0.39 is 0 Å². The van der Waals surface area contributed by atoms with Crippen molar-refractivity contribution in [2.75, 3.05) is 26.2 Å². The van der Waals surface area contributed by atoms with Crippen LogP contribution in [0.5, 0.6) is 0 Å². The van der Waals surface area contributed by atoms with Crippen molar-refractivity contribution in [1.82, 2.24) is 9.80 Å². The summed E-state index contributed by atoms with van der Waals surface area (Å²) in [5.41, 5.74) is 0.548. The number of likely N-dealkylation sites (tertiary alicyclic amines) is 2. The molecule has 1 aromatic carbocycles. The normalized spacial score (nSPS) is 30.4. The lowest BCUT2D eigenvalue weighted by Crippen LogP contribution is -2.48. The average Bonchev–Trinajstić information content (AvgIpc) is 3.31. The van der Waals surface area contributed by atoms with Crippen molar-refractivity contribution in [3.05, 3.63) is 35.6 Å². The largest absolute Gasteiger partial charge is 0.483 e. The summed E-state index contributed by atoms with van der Waals surface area (Å²) in [6.07, 6.45) is 3.96. The zero-order valence-corrected chi connectivity index (χ0v) is 15.3. The molecule has 148 valence electrons. The highest BCUT2D eigenvalue weighted by atomic mass is 19.1. The van der Waals surface area contributed by atoms with Crippen molar-refractivity contribution in [3.63, 3.8) is 0 Å². The molecule has 0 unspecified atom stereocenters. The second-order valence-electron chi connectivity index (χ2n) is 7.69. The molecule has 2 saturated heterocycles. The maximum atomic E-state index is 13.0. The monoisotopic (exact) mass is 378 g/mol. The van der Waals surface area contributed by atoms with E-state index >= 15 is 0 Å². The Morgan fingerprint density at radius 1 is 1.07 bits per heavy atom.